The van der Waals surface area contributed by atoms with Crippen LogP contribution in [0.4, 0.5) is 5.69 Å². The van der Waals surface area contributed by atoms with Crippen LogP contribution in [0, 0.1) is 13.8 Å². The molecule has 2 aromatic rings. The number of hydrogen-bond donors (Lipinski definition) is 3. The number of thiocarbonyl (C=S) groups is 1. The largest absolute Gasteiger partial charge is 0.357 e. The van der Waals surface area contributed by atoms with Crippen molar-refractivity contribution in [2.45, 2.75) is 20.4 Å². The zero-order valence-corrected chi connectivity index (χ0v) is 12.6. The summed E-state index contributed by atoms with van der Waals surface area (Å²) in [7, 11) is 0. The predicted octanol–water partition coefficient (Wildman–Crippen LogP) is 3.29. The van der Waals surface area contributed by atoms with Crippen molar-refractivity contribution in [2.24, 2.45) is 0 Å². The third kappa shape index (κ3) is 4.24. The van der Waals surface area contributed by atoms with Gasteiger partial charge in [0.25, 0.3) is 0 Å². The Hall–Kier alpha value is -2.07. The van der Waals surface area contributed by atoms with E-state index in [0.717, 1.165) is 5.69 Å². The molecule has 0 saturated carbocycles. The van der Waals surface area contributed by atoms with Crippen LogP contribution in [-0.2, 0) is 6.54 Å². The van der Waals surface area contributed by atoms with E-state index in [1.54, 1.807) is 0 Å². The smallest absolute Gasteiger partial charge is 0.185 e. The van der Waals surface area contributed by atoms with Crippen molar-refractivity contribution in [1.82, 2.24) is 10.7 Å². The number of rotatable bonds is 4. The molecule has 0 aliphatic heterocycles. The lowest BCUT2D eigenvalue weighted by Crippen LogP contribution is -2.38. The van der Waals surface area contributed by atoms with E-state index in [0.29, 0.717) is 11.7 Å². The molecule has 104 valence electrons. The Labute approximate surface area is 125 Å². The average molecular weight is 285 g/mol. The summed E-state index contributed by atoms with van der Waals surface area (Å²) < 4.78 is 0. The van der Waals surface area contributed by atoms with Crippen molar-refractivity contribution in [3.8, 4) is 0 Å². The Morgan fingerprint density at radius 1 is 1.05 bits per heavy atom. The minimum Gasteiger partial charge on any atom is -0.357 e. The quantitative estimate of drug-likeness (QED) is 0.595. The molecule has 0 spiro atoms. The third-order valence-electron chi connectivity index (χ3n) is 3.00. The lowest BCUT2D eigenvalue weighted by atomic mass is 10.1. The van der Waals surface area contributed by atoms with Crippen molar-refractivity contribution < 1.29 is 0 Å². The van der Waals surface area contributed by atoms with Crippen molar-refractivity contribution in [2.75, 3.05) is 5.43 Å². The van der Waals surface area contributed by atoms with Gasteiger partial charge < -0.3 is 5.32 Å². The summed E-state index contributed by atoms with van der Waals surface area (Å²) in [5, 5.41) is 3.74. The van der Waals surface area contributed by atoms with Crippen LogP contribution >= 0.6 is 12.2 Å². The zero-order chi connectivity index (χ0) is 14.4. The maximum atomic E-state index is 5.24. The van der Waals surface area contributed by atoms with E-state index in [1.807, 2.05) is 18.2 Å². The van der Waals surface area contributed by atoms with E-state index in [1.165, 1.54) is 16.7 Å². The molecule has 0 fully saturated rings. The molecule has 20 heavy (non-hydrogen) atoms. The second-order valence-electron chi connectivity index (χ2n) is 4.74. The molecule has 4 heteroatoms. The summed E-state index contributed by atoms with van der Waals surface area (Å²) in [6, 6.07) is 16.4. The monoisotopic (exact) mass is 285 g/mol. The normalized spacial score (nSPS) is 9.90. The van der Waals surface area contributed by atoms with Gasteiger partial charge in [-0.1, -0.05) is 42.5 Å². The SMILES string of the molecule is Cc1ccc(C)c(NNC(=S)NCc2ccccc2)c1. The van der Waals surface area contributed by atoms with Crippen LogP contribution in [0.3, 0.4) is 0 Å². The van der Waals surface area contributed by atoms with Gasteiger partial charge in [0.05, 0.1) is 5.69 Å². The number of hydrazine groups is 1. The van der Waals surface area contributed by atoms with Gasteiger partial charge in [0.1, 0.15) is 0 Å². The molecule has 0 amide bonds. The van der Waals surface area contributed by atoms with E-state index < -0.39 is 0 Å². The van der Waals surface area contributed by atoms with Gasteiger partial charge in [0.2, 0.25) is 0 Å². The van der Waals surface area contributed by atoms with E-state index in [9.17, 15) is 0 Å². The summed E-state index contributed by atoms with van der Waals surface area (Å²) in [6.45, 7) is 4.83. The number of hydrogen-bond acceptors (Lipinski definition) is 2. The van der Waals surface area contributed by atoms with Gasteiger partial charge >= 0.3 is 0 Å². The third-order valence-corrected chi connectivity index (χ3v) is 3.25. The van der Waals surface area contributed by atoms with E-state index >= 15 is 0 Å². The average Bonchev–Trinajstić information content (AvgIpc) is 2.47. The Kier molecular flexibility index (Phi) is 4.96. The highest BCUT2D eigenvalue weighted by Gasteiger charge is 1.99. The molecule has 0 aromatic heterocycles. The molecule has 0 heterocycles. The first-order valence-electron chi connectivity index (χ1n) is 6.56. The van der Waals surface area contributed by atoms with Gasteiger partial charge in [-0.05, 0) is 48.8 Å². The van der Waals surface area contributed by atoms with Crippen LogP contribution in [0.2, 0.25) is 0 Å². The second kappa shape index (κ2) is 6.91. The molecule has 2 aromatic carbocycles. The maximum Gasteiger partial charge on any atom is 0.185 e. The highest BCUT2D eigenvalue weighted by atomic mass is 32.1. The van der Waals surface area contributed by atoms with Gasteiger partial charge in [0, 0.05) is 6.54 Å². The molecule has 3 N–H and O–H groups in total. The van der Waals surface area contributed by atoms with Crippen LogP contribution < -0.4 is 16.2 Å². The Balaban J connectivity index is 1.82. The molecule has 3 nitrogen and oxygen atoms in total. The first kappa shape index (κ1) is 14.3. The summed E-state index contributed by atoms with van der Waals surface area (Å²) in [6.07, 6.45) is 0. The van der Waals surface area contributed by atoms with Gasteiger partial charge in [-0.25, -0.2) is 0 Å². The van der Waals surface area contributed by atoms with Crippen molar-refractivity contribution in [1.29, 1.82) is 0 Å². The summed E-state index contributed by atoms with van der Waals surface area (Å²) in [5.41, 5.74) is 10.8. The summed E-state index contributed by atoms with van der Waals surface area (Å²) >= 11 is 5.24. The lowest BCUT2D eigenvalue weighted by molar-refractivity contribution is 0.885. The van der Waals surface area contributed by atoms with Crippen LogP contribution in [0.1, 0.15) is 16.7 Å². The molecule has 0 bridgehead atoms. The summed E-state index contributed by atoms with van der Waals surface area (Å²) in [5.74, 6) is 0. The fraction of sp³-hybridized carbons (Fsp3) is 0.188. The minimum absolute atomic E-state index is 0.578. The van der Waals surface area contributed by atoms with Crippen molar-refractivity contribution in [3.05, 3.63) is 65.2 Å². The fourth-order valence-corrected chi connectivity index (χ4v) is 1.94. The van der Waals surface area contributed by atoms with Gasteiger partial charge in [-0.15, -0.1) is 0 Å². The van der Waals surface area contributed by atoms with E-state index in [4.69, 9.17) is 12.2 Å². The van der Waals surface area contributed by atoms with Gasteiger partial charge in [-0.2, -0.15) is 0 Å². The number of aryl methyl sites for hydroxylation is 2. The van der Waals surface area contributed by atoms with Crippen LogP contribution in [0.5, 0.6) is 0 Å². The topological polar surface area (TPSA) is 36.1 Å². The number of benzene rings is 2. The predicted molar refractivity (Wildman–Crippen MR) is 88.6 cm³/mol. The molecule has 0 saturated heterocycles. The maximum absolute atomic E-state index is 5.24. The van der Waals surface area contributed by atoms with Gasteiger partial charge in [-0.3, -0.25) is 10.9 Å². The highest BCUT2D eigenvalue weighted by molar-refractivity contribution is 7.80. The minimum atomic E-state index is 0.578. The zero-order valence-electron chi connectivity index (χ0n) is 11.7. The van der Waals surface area contributed by atoms with E-state index in [2.05, 4.69) is 60.3 Å². The first-order valence-corrected chi connectivity index (χ1v) is 6.97. The number of anilines is 1. The summed E-state index contributed by atoms with van der Waals surface area (Å²) in [4.78, 5) is 0. The van der Waals surface area contributed by atoms with Gasteiger partial charge in [0.15, 0.2) is 5.11 Å². The molecule has 0 atom stereocenters. The Morgan fingerprint density at radius 3 is 2.55 bits per heavy atom. The fourth-order valence-electron chi connectivity index (χ4n) is 1.82. The number of nitrogens with one attached hydrogen (secondary N) is 3. The molecule has 0 radical (unpaired) electrons. The Morgan fingerprint density at radius 2 is 1.80 bits per heavy atom. The Bertz CT molecular complexity index is 582. The first-order chi connectivity index (χ1) is 9.65. The van der Waals surface area contributed by atoms with Crippen LogP contribution in [0.15, 0.2) is 48.5 Å². The molecular formula is C16H19N3S. The van der Waals surface area contributed by atoms with Crippen molar-refractivity contribution >= 4 is 23.0 Å². The molecule has 2 rings (SSSR count). The molecule has 0 unspecified atom stereocenters. The van der Waals surface area contributed by atoms with Crippen LogP contribution in [0.25, 0.3) is 0 Å². The second-order valence-corrected chi connectivity index (χ2v) is 5.14. The molecule has 0 aliphatic carbocycles. The van der Waals surface area contributed by atoms with Crippen LogP contribution in [-0.4, -0.2) is 5.11 Å². The molecule has 0 aliphatic rings. The lowest BCUT2D eigenvalue weighted by Gasteiger charge is -2.14. The van der Waals surface area contributed by atoms with Crippen molar-refractivity contribution in [3.63, 3.8) is 0 Å². The highest BCUT2D eigenvalue weighted by Crippen LogP contribution is 2.14. The standard InChI is InChI=1S/C16H19N3S/c1-12-8-9-13(2)15(10-12)18-19-16(20)17-11-14-6-4-3-5-7-14/h3-10,18H,11H2,1-2H3,(H2,17,19,20). The molecular weight excluding hydrogens is 266 g/mol. The van der Waals surface area contributed by atoms with E-state index in [-0.39, 0.29) is 0 Å².